The van der Waals surface area contributed by atoms with Gasteiger partial charge in [0.15, 0.2) is 0 Å². The van der Waals surface area contributed by atoms with Crippen molar-refractivity contribution in [2.75, 3.05) is 6.61 Å². The maximum atomic E-state index is 13.3. The minimum atomic E-state index is -2.01. The molecular weight excluding hydrogens is 328 g/mol. The van der Waals surface area contributed by atoms with Crippen LogP contribution in [0.15, 0.2) is 41.5 Å². The van der Waals surface area contributed by atoms with Gasteiger partial charge in [0.25, 0.3) is 0 Å². The molecule has 0 heterocycles. The van der Waals surface area contributed by atoms with E-state index in [-0.39, 0.29) is 18.1 Å². The first-order valence-electron chi connectivity index (χ1n) is 8.93. The number of benzene rings is 1. The van der Waals surface area contributed by atoms with Crippen molar-refractivity contribution in [3.8, 4) is 12.1 Å². The Bertz CT molecular complexity index is 844. The molecule has 1 aromatic carbocycles. The Labute approximate surface area is 152 Å². The van der Waals surface area contributed by atoms with Gasteiger partial charge in [-0.15, -0.1) is 0 Å². The number of ether oxygens (including phenoxy) is 1. The number of rotatable bonds is 3. The summed E-state index contributed by atoms with van der Waals surface area (Å²) in [5.41, 5.74) is -0.463. The third-order valence-corrected chi connectivity index (χ3v) is 5.48. The van der Waals surface area contributed by atoms with E-state index in [1.807, 2.05) is 42.5 Å². The average Bonchev–Trinajstić information content (AvgIpc) is 2.68. The zero-order chi connectivity index (χ0) is 18.7. The second-order valence-electron chi connectivity index (χ2n) is 6.72. The molecule has 3 rings (SSSR count). The van der Waals surface area contributed by atoms with Gasteiger partial charge in [0.2, 0.25) is 11.2 Å². The molecule has 1 saturated carbocycles. The Kier molecular flexibility index (Phi) is 4.91. The molecule has 0 amide bonds. The quantitative estimate of drug-likeness (QED) is 0.616. The predicted octanol–water partition coefficient (Wildman–Crippen LogP) is 3.44. The summed E-state index contributed by atoms with van der Waals surface area (Å²) in [6, 6.07) is 13.2. The number of allylic oxidation sites excluding steroid dienone is 2. The van der Waals surface area contributed by atoms with Crippen LogP contribution in [0.1, 0.15) is 44.1 Å². The lowest BCUT2D eigenvalue weighted by Gasteiger charge is -2.44. The monoisotopic (exact) mass is 348 g/mol. The molecule has 132 valence electrons. The predicted molar refractivity (Wildman–Crippen MR) is 93.5 cm³/mol. The van der Waals surface area contributed by atoms with Gasteiger partial charge in [0.1, 0.15) is 6.07 Å². The van der Waals surface area contributed by atoms with E-state index in [1.54, 1.807) is 6.92 Å². The lowest BCUT2D eigenvalue weighted by Crippen LogP contribution is -2.51. The second kappa shape index (κ2) is 7.14. The Balaban J connectivity index is 2.30. The molecule has 0 saturated heterocycles. The van der Waals surface area contributed by atoms with Gasteiger partial charge >= 0.3 is 5.97 Å². The van der Waals surface area contributed by atoms with Crippen LogP contribution in [0.25, 0.3) is 0 Å². The van der Waals surface area contributed by atoms with E-state index in [2.05, 4.69) is 0 Å². The van der Waals surface area contributed by atoms with E-state index < -0.39 is 23.1 Å². The van der Waals surface area contributed by atoms with Crippen LogP contribution in [-0.2, 0) is 14.3 Å². The maximum absolute atomic E-state index is 13.3. The van der Waals surface area contributed by atoms with E-state index in [1.165, 1.54) is 0 Å². The standard InChI is InChI=1S/C21H20N2O3/c1-2-26-20(25)21(13-23)18(14-8-4-3-5-9-14)16-11-7-6-10-15(16)17(12-22)19(21)24/h3-5,8-9,16,18H,2,6-7,10-11H2,1H3/t16-,18+,21+/m1/s1. The van der Waals surface area contributed by atoms with Gasteiger partial charge in [-0.25, -0.2) is 4.79 Å². The summed E-state index contributed by atoms with van der Waals surface area (Å²) in [6.07, 6.45) is 3.25. The SMILES string of the molecule is CCOC(=O)[C@]1(C#N)C(=O)C(C#N)=C2CCCC[C@H]2[C@@H]1c1ccccc1. The maximum Gasteiger partial charge on any atom is 0.335 e. The Morgan fingerprint density at radius 1 is 1.27 bits per heavy atom. The normalized spacial score (nSPS) is 27.9. The van der Waals surface area contributed by atoms with Crippen LogP contribution in [0.2, 0.25) is 0 Å². The van der Waals surface area contributed by atoms with Crippen LogP contribution in [0.5, 0.6) is 0 Å². The van der Waals surface area contributed by atoms with Crippen molar-refractivity contribution < 1.29 is 14.3 Å². The lowest BCUT2D eigenvalue weighted by atomic mass is 9.55. The first kappa shape index (κ1) is 17.9. The third-order valence-electron chi connectivity index (χ3n) is 5.48. The van der Waals surface area contributed by atoms with Crippen LogP contribution in [0.3, 0.4) is 0 Å². The van der Waals surface area contributed by atoms with Crippen molar-refractivity contribution >= 4 is 11.8 Å². The number of ketones is 1. The molecular formula is C21H20N2O3. The summed E-state index contributed by atoms with van der Waals surface area (Å²) in [6.45, 7) is 1.71. The van der Waals surface area contributed by atoms with Gasteiger partial charge in [0, 0.05) is 5.92 Å². The van der Waals surface area contributed by atoms with Crippen LogP contribution < -0.4 is 0 Å². The van der Waals surface area contributed by atoms with Crippen LogP contribution in [0, 0.1) is 34.0 Å². The van der Waals surface area contributed by atoms with Crippen LogP contribution >= 0.6 is 0 Å². The molecule has 0 N–H and O–H groups in total. The van der Waals surface area contributed by atoms with Crippen molar-refractivity contribution in [3.05, 3.63) is 47.0 Å². The molecule has 5 heteroatoms. The number of hydrogen-bond donors (Lipinski definition) is 0. The molecule has 0 spiro atoms. The number of Topliss-reactive ketones (excluding diaryl/α,β-unsaturated/α-hetero) is 1. The molecule has 1 fully saturated rings. The molecule has 0 radical (unpaired) electrons. The lowest BCUT2D eigenvalue weighted by molar-refractivity contribution is -0.158. The molecule has 5 nitrogen and oxygen atoms in total. The molecule has 0 bridgehead atoms. The first-order valence-corrected chi connectivity index (χ1v) is 8.93. The second-order valence-corrected chi connectivity index (χ2v) is 6.72. The fourth-order valence-electron chi connectivity index (χ4n) is 4.40. The zero-order valence-electron chi connectivity index (χ0n) is 14.7. The molecule has 0 unspecified atom stereocenters. The highest BCUT2D eigenvalue weighted by molar-refractivity contribution is 6.18. The van der Waals surface area contributed by atoms with Crippen LogP contribution in [-0.4, -0.2) is 18.4 Å². The topological polar surface area (TPSA) is 90.9 Å². The van der Waals surface area contributed by atoms with Gasteiger partial charge in [-0.3, -0.25) is 4.79 Å². The van der Waals surface area contributed by atoms with Crippen molar-refractivity contribution in [1.29, 1.82) is 10.5 Å². The van der Waals surface area contributed by atoms with Gasteiger partial charge in [0.05, 0.1) is 18.2 Å². The highest BCUT2D eigenvalue weighted by atomic mass is 16.5. The summed E-state index contributed by atoms with van der Waals surface area (Å²) in [5, 5.41) is 19.6. The Hall–Kier alpha value is -2.92. The van der Waals surface area contributed by atoms with Crippen molar-refractivity contribution in [3.63, 3.8) is 0 Å². The number of nitrogens with zero attached hydrogens (tertiary/aromatic N) is 2. The fraction of sp³-hybridized carbons (Fsp3) is 0.429. The van der Waals surface area contributed by atoms with Crippen molar-refractivity contribution in [2.45, 2.75) is 38.5 Å². The van der Waals surface area contributed by atoms with Gasteiger partial charge < -0.3 is 4.74 Å². The zero-order valence-corrected chi connectivity index (χ0v) is 14.7. The number of carbonyl (C=O) groups is 2. The van der Waals surface area contributed by atoms with Crippen molar-refractivity contribution in [1.82, 2.24) is 0 Å². The van der Waals surface area contributed by atoms with E-state index in [4.69, 9.17) is 4.74 Å². The largest absolute Gasteiger partial charge is 0.464 e. The summed E-state index contributed by atoms with van der Waals surface area (Å²) >= 11 is 0. The smallest absolute Gasteiger partial charge is 0.335 e. The molecule has 1 aromatic rings. The Morgan fingerprint density at radius 2 is 2.00 bits per heavy atom. The molecule has 26 heavy (non-hydrogen) atoms. The third kappa shape index (κ3) is 2.52. The van der Waals surface area contributed by atoms with E-state index in [9.17, 15) is 20.1 Å². The average molecular weight is 348 g/mol. The summed E-state index contributed by atoms with van der Waals surface area (Å²) in [5.74, 6) is -2.36. The Morgan fingerprint density at radius 3 is 2.62 bits per heavy atom. The van der Waals surface area contributed by atoms with Gasteiger partial charge in [-0.05, 0) is 43.2 Å². The first-order chi connectivity index (χ1) is 12.6. The van der Waals surface area contributed by atoms with E-state index in [0.717, 1.165) is 30.4 Å². The number of nitriles is 2. The molecule has 2 aliphatic carbocycles. The number of hydrogen-bond acceptors (Lipinski definition) is 5. The van der Waals surface area contributed by atoms with E-state index >= 15 is 0 Å². The van der Waals surface area contributed by atoms with Crippen molar-refractivity contribution in [2.24, 2.45) is 11.3 Å². The van der Waals surface area contributed by atoms with Crippen LogP contribution in [0.4, 0.5) is 0 Å². The molecule has 2 aliphatic rings. The number of carbonyl (C=O) groups excluding carboxylic acids is 2. The minimum absolute atomic E-state index is 0.0171. The molecule has 0 aromatic heterocycles. The number of fused-ring (bicyclic) bond motifs is 1. The molecule has 0 aliphatic heterocycles. The highest BCUT2D eigenvalue weighted by Crippen LogP contribution is 2.55. The van der Waals surface area contributed by atoms with Gasteiger partial charge in [-0.1, -0.05) is 36.8 Å². The summed E-state index contributed by atoms with van der Waals surface area (Å²) < 4.78 is 5.16. The summed E-state index contributed by atoms with van der Waals surface area (Å²) in [4.78, 5) is 26.1. The van der Waals surface area contributed by atoms with Gasteiger partial charge in [-0.2, -0.15) is 10.5 Å². The number of esters is 1. The fourth-order valence-corrected chi connectivity index (χ4v) is 4.40. The van der Waals surface area contributed by atoms with E-state index in [0.29, 0.717) is 6.42 Å². The molecule has 3 atom stereocenters. The minimum Gasteiger partial charge on any atom is -0.464 e. The highest BCUT2D eigenvalue weighted by Gasteiger charge is 2.61. The summed E-state index contributed by atoms with van der Waals surface area (Å²) in [7, 11) is 0.